The summed E-state index contributed by atoms with van der Waals surface area (Å²) >= 11 is 0. The summed E-state index contributed by atoms with van der Waals surface area (Å²) in [6, 6.07) is 0. The van der Waals surface area contributed by atoms with Gasteiger partial charge in [-0.2, -0.15) is 0 Å². The fourth-order valence-electron chi connectivity index (χ4n) is 1.23. The minimum Gasteiger partial charge on any atom is -0.125 e. The monoisotopic (exact) mass is 146 g/mol. The summed E-state index contributed by atoms with van der Waals surface area (Å²) in [5.74, 6) is 0. The van der Waals surface area contributed by atoms with Crippen LogP contribution in [0.5, 0.6) is 0 Å². The van der Waals surface area contributed by atoms with Gasteiger partial charge in [-0.15, -0.1) is 5.73 Å². The van der Waals surface area contributed by atoms with Crippen molar-refractivity contribution in [1.29, 1.82) is 0 Å². The average Bonchev–Trinajstić information content (AvgIpc) is 1.98. The molecule has 0 saturated heterocycles. The maximum atomic E-state index is 3.11. The van der Waals surface area contributed by atoms with Gasteiger partial charge in [0.1, 0.15) is 0 Å². The molecule has 0 aromatic carbocycles. The second-order valence-electron chi connectivity index (χ2n) is 2.74. The van der Waals surface area contributed by atoms with Crippen molar-refractivity contribution in [3.8, 4) is 0 Å². The molecule has 0 radical (unpaired) electrons. The summed E-state index contributed by atoms with van der Waals surface area (Å²) in [4.78, 5) is 0. The van der Waals surface area contributed by atoms with E-state index >= 15 is 0 Å². The Morgan fingerprint density at radius 2 is 2.36 bits per heavy atom. The van der Waals surface area contributed by atoms with Crippen molar-refractivity contribution in [3.63, 3.8) is 0 Å². The summed E-state index contributed by atoms with van der Waals surface area (Å²) in [6.07, 6.45) is 10.6. The van der Waals surface area contributed by atoms with Crippen molar-refractivity contribution in [1.82, 2.24) is 0 Å². The summed E-state index contributed by atoms with van der Waals surface area (Å²) in [7, 11) is 0. The molecule has 1 rings (SSSR count). The van der Waals surface area contributed by atoms with E-state index in [4.69, 9.17) is 0 Å². The Bertz CT molecular complexity index is 245. The van der Waals surface area contributed by atoms with Crippen LogP contribution in [-0.4, -0.2) is 0 Å². The van der Waals surface area contributed by atoms with E-state index in [0.29, 0.717) is 0 Å². The second kappa shape index (κ2) is 4.00. The first-order valence-electron chi connectivity index (χ1n) is 4.08. The normalized spacial score (nSPS) is 21.3. The molecule has 0 aromatic heterocycles. The molecule has 58 valence electrons. The predicted molar refractivity (Wildman–Crippen MR) is 49.4 cm³/mol. The Morgan fingerprint density at radius 1 is 1.55 bits per heavy atom. The fourth-order valence-corrected chi connectivity index (χ4v) is 1.23. The highest BCUT2D eigenvalue weighted by Crippen LogP contribution is 2.16. The van der Waals surface area contributed by atoms with Gasteiger partial charge in [0.2, 0.25) is 0 Å². The van der Waals surface area contributed by atoms with Gasteiger partial charge in [0.05, 0.1) is 0 Å². The molecule has 0 aliphatic heterocycles. The number of allylic oxidation sites excluding steroid dienone is 5. The summed E-state index contributed by atoms with van der Waals surface area (Å²) in [5.41, 5.74) is 5.93. The smallest absolute Gasteiger partial charge is 0.0200 e. The first-order chi connectivity index (χ1) is 5.34. The van der Waals surface area contributed by atoms with E-state index in [1.165, 1.54) is 11.1 Å². The molecule has 0 amide bonds. The van der Waals surface area contributed by atoms with Crippen LogP contribution in [0, 0.1) is 0 Å². The molecular weight excluding hydrogens is 132 g/mol. The van der Waals surface area contributed by atoms with Crippen LogP contribution in [0.2, 0.25) is 0 Å². The molecule has 0 atom stereocenters. The highest BCUT2D eigenvalue weighted by atomic mass is 14.0. The van der Waals surface area contributed by atoms with Crippen molar-refractivity contribution in [2.24, 2.45) is 0 Å². The van der Waals surface area contributed by atoms with Gasteiger partial charge in [-0.05, 0) is 50.0 Å². The minimum absolute atomic E-state index is 1.11. The molecule has 0 fully saturated rings. The van der Waals surface area contributed by atoms with E-state index < -0.39 is 0 Å². The molecule has 11 heavy (non-hydrogen) atoms. The summed E-state index contributed by atoms with van der Waals surface area (Å²) < 4.78 is 0. The predicted octanol–water partition coefficient (Wildman–Crippen LogP) is 3.38. The van der Waals surface area contributed by atoms with Gasteiger partial charge >= 0.3 is 0 Å². The Labute approximate surface area is 68.6 Å². The number of hydrogen-bond acceptors (Lipinski definition) is 0. The molecule has 0 spiro atoms. The molecule has 0 heterocycles. The quantitative estimate of drug-likeness (QED) is 0.459. The maximum absolute atomic E-state index is 3.11. The van der Waals surface area contributed by atoms with Gasteiger partial charge in [-0.1, -0.05) is 12.2 Å². The standard InChI is InChI=1S/C11H14/c1-3-11-9-7-5-4-6-8-10(11)2/h3,5-6,8H,7,9H2,1-2H3. The van der Waals surface area contributed by atoms with Gasteiger partial charge in [-0.25, -0.2) is 0 Å². The number of rotatable bonds is 0. The maximum Gasteiger partial charge on any atom is -0.0200 e. The van der Waals surface area contributed by atoms with Crippen LogP contribution < -0.4 is 0 Å². The van der Waals surface area contributed by atoms with Gasteiger partial charge in [0.25, 0.3) is 0 Å². The van der Waals surface area contributed by atoms with E-state index in [2.05, 4.69) is 37.8 Å². The molecule has 0 nitrogen and oxygen atoms in total. The van der Waals surface area contributed by atoms with E-state index in [1.54, 1.807) is 0 Å². The molecule has 0 saturated carbocycles. The lowest BCUT2D eigenvalue weighted by Gasteiger charge is -2.05. The Hall–Kier alpha value is -1.00. The van der Waals surface area contributed by atoms with E-state index in [0.717, 1.165) is 12.8 Å². The van der Waals surface area contributed by atoms with Crippen LogP contribution in [0.15, 0.2) is 41.2 Å². The summed E-state index contributed by atoms with van der Waals surface area (Å²) in [6.45, 7) is 4.25. The second-order valence-corrected chi connectivity index (χ2v) is 2.74. The number of hydrogen-bond donors (Lipinski definition) is 0. The summed E-state index contributed by atoms with van der Waals surface area (Å²) in [5, 5.41) is 0. The van der Waals surface area contributed by atoms with Crippen molar-refractivity contribution >= 4 is 0 Å². The largest absolute Gasteiger partial charge is 0.125 e. The van der Waals surface area contributed by atoms with E-state index in [9.17, 15) is 0 Å². The zero-order valence-electron chi connectivity index (χ0n) is 7.22. The van der Waals surface area contributed by atoms with Gasteiger partial charge in [0.15, 0.2) is 0 Å². The Kier molecular flexibility index (Phi) is 2.95. The van der Waals surface area contributed by atoms with Crippen molar-refractivity contribution < 1.29 is 0 Å². The van der Waals surface area contributed by atoms with Crippen LogP contribution in [0.1, 0.15) is 26.7 Å². The van der Waals surface area contributed by atoms with Crippen LogP contribution in [0.3, 0.4) is 0 Å². The third-order valence-corrected chi connectivity index (χ3v) is 1.96. The average molecular weight is 146 g/mol. The topological polar surface area (TPSA) is 0 Å². The zero-order valence-corrected chi connectivity index (χ0v) is 7.22. The van der Waals surface area contributed by atoms with Gasteiger partial charge in [0, 0.05) is 0 Å². The molecule has 0 heteroatoms. The first kappa shape index (κ1) is 8.10. The van der Waals surface area contributed by atoms with Gasteiger partial charge < -0.3 is 0 Å². The van der Waals surface area contributed by atoms with Gasteiger partial charge in [-0.3, -0.25) is 0 Å². The van der Waals surface area contributed by atoms with Crippen molar-refractivity contribution in [2.45, 2.75) is 26.7 Å². The molecule has 1 aliphatic rings. The molecule has 0 bridgehead atoms. The van der Waals surface area contributed by atoms with Crippen LogP contribution in [0.25, 0.3) is 0 Å². The minimum atomic E-state index is 1.11. The molecule has 0 unspecified atom stereocenters. The van der Waals surface area contributed by atoms with Crippen molar-refractivity contribution in [2.75, 3.05) is 0 Å². The third-order valence-electron chi connectivity index (χ3n) is 1.96. The Morgan fingerprint density at radius 3 is 3.09 bits per heavy atom. The van der Waals surface area contributed by atoms with E-state index in [1.807, 2.05) is 6.08 Å². The highest BCUT2D eigenvalue weighted by Gasteiger charge is 1.97. The molecule has 0 aromatic rings. The molecular formula is C11H14. The lowest BCUT2D eigenvalue weighted by atomic mass is 10.0. The molecule has 0 N–H and O–H groups in total. The van der Waals surface area contributed by atoms with E-state index in [-0.39, 0.29) is 0 Å². The zero-order chi connectivity index (χ0) is 8.10. The highest BCUT2D eigenvalue weighted by molar-refractivity contribution is 5.32. The van der Waals surface area contributed by atoms with Crippen LogP contribution >= 0.6 is 0 Å². The Balaban J connectivity index is 2.90. The lowest BCUT2D eigenvalue weighted by molar-refractivity contribution is 0.979. The first-order valence-corrected chi connectivity index (χ1v) is 4.08. The van der Waals surface area contributed by atoms with Crippen molar-refractivity contribution in [3.05, 3.63) is 41.2 Å². The fraction of sp³-hybridized carbons (Fsp3) is 0.364. The molecule has 1 aliphatic carbocycles. The van der Waals surface area contributed by atoms with Crippen LogP contribution in [0.4, 0.5) is 0 Å². The SMILES string of the molecule is CC=C1CCC=C=CC=C1C. The lowest BCUT2D eigenvalue weighted by Crippen LogP contribution is -1.85. The third kappa shape index (κ3) is 2.25. The van der Waals surface area contributed by atoms with Crippen LogP contribution in [-0.2, 0) is 0 Å².